The van der Waals surface area contributed by atoms with Crippen LogP contribution in [0.3, 0.4) is 0 Å². The predicted octanol–water partition coefficient (Wildman–Crippen LogP) is 2.93. The summed E-state index contributed by atoms with van der Waals surface area (Å²) in [6.07, 6.45) is -6.61. The Hall–Kier alpha value is -2.82. The van der Waals surface area contributed by atoms with Gasteiger partial charge in [0.05, 0.1) is 17.7 Å². The van der Waals surface area contributed by atoms with Crippen molar-refractivity contribution >= 4 is 23.4 Å². The maximum atomic E-state index is 13.1. The van der Waals surface area contributed by atoms with Gasteiger partial charge in [-0.25, -0.2) is 0 Å². The number of hydrogen-bond donors (Lipinski definition) is 1. The predicted molar refractivity (Wildman–Crippen MR) is 115 cm³/mol. The zero-order valence-electron chi connectivity index (χ0n) is 19.4. The number of fused-ring (bicyclic) bond motifs is 1. The Morgan fingerprint density at radius 1 is 1.24 bits per heavy atom. The number of carbonyl (C=O) groups excluding carboxylic acids is 3. The lowest BCUT2D eigenvalue weighted by molar-refractivity contribution is -0.150. The average molecular weight is 473 g/mol. The number of benzene rings is 1. The summed E-state index contributed by atoms with van der Waals surface area (Å²) < 4.78 is 48.9. The first-order valence-corrected chi connectivity index (χ1v) is 10.5. The Morgan fingerprint density at radius 3 is 2.48 bits per heavy atom. The summed E-state index contributed by atoms with van der Waals surface area (Å²) in [5.41, 5.74) is 0.237. The van der Waals surface area contributed by atoms with Crippen LogP contribution in [0, 0.1) is 5.92 Å². The minimum absolute atomic E-state index is 0.0356. The zero-order chi connectivity index (χ0) is 24.9. The van der Waals surface area contributed by atoms with Gasteiger partial charge in [-0.1, -0.05) is 6.92 Å². The molecule has 0 spiro atoms. The summed E-state index contributed by atoms with van der Waals surface area (Å²) in [6, 6.07) is 3.69. The lowest BCUT2D eigenvalue weighted by Gasteiger charge is -2.35. The Bertz CT molecular complexity index is 877. The van der Waals surface area contributed by atoms with E-state index in [-0.39, 0.29) is 60.0 Å². The number of likely N-dealkylation sites (N-methyl/N-ethyl adjacent to an activating group) is 1. The molecule has 1 aromatic carbocycles. The number of halogens is 3. The summed E-state index contributed by atoms with van der Waals surface area (Å²) >= 11 is 0. The molecule has 0 radical (unpaired) electrons. The number of rotatable bonds is 3. The molecule has 2 rings (SSSR count). The fraction of sp³-hybridized carbons (Fsp3) is 0.591. The van der Waals surface area contributed by atoms with Crippen molar-refractivity contribution in [3.63, 3.8) is 0 Å². The van der Waals surface area contributed by atoms with Crippen LogP contribution in [-0.4, -0.2) is 79.7 Å². The van der Waals surface area contributed by atoms with Crippen LogP contribution >= 0.6 is 0 Å². The van der Waals surface area contributed by atoms with Crippen LogP contribution in [0.5, 0.6) is 5.75 Å². The summed E-state index contributed by atoms with van der Waals surface area (Å²) in [7, 11) is 3.14. The van der Waals surface area contributed by atoms with Gasteiger partial charge in [-0.05, 0) is 19.1 Å². The van der Waals surface area contributed by atoms with Gasteiger partial charge in [0.1, 0.15) is 18.8 Å². The molecule has 1 aromatic rings. The number of hydrogen-bond acceptors (Lipinski definition) is 5. The summed E-state index contributed by atoms with van der Waals surface area (Å²) in [6.45, 7) is 5.86. The summed E-state index contributed by atoms with van der Waals surface area (Å²) in [5, 5.41) is 2.17. The molecule has 0 bridgehead atoms. The molecule has 0 saturated heterocycles. The molecule has 1 heterocycles. The van der Waals surface area contributed by atoms with Crippen LogP contribution in [0.25, 0.3) is 0 Å². The maximum absolute atomic E-state index is 13.1. The third kappa shape index (κ3) is 7.34. The number of anilines is 1. The fourth-order valence-electron chi connectivity index (χ4n) is 3.68. The topological polar surface area (TPSA) is 88.2 Å². The second-order valence-corrected chi connectivity index (χ2v) is 8.32. The Morgan fingerprint density at radius 2 is 1.91 bits per heavy atom. The first kappa shape index (κ1) is 26.4. The molecule has 1 N–H and O–H groups in total. The van der Waals surface area contributed by atoms with E-state index in [4.69, 9.17) is 9.47 Å². The van der Waals surface area contributed by atoms with Crippen molar-refractivity contribution in [3.05, 3.63) is 23.8 Å². The molecule has 0 unspecified atom stereocenters. The zero-order valence-corrected chi connectivity index (χ0v) is 19.4. The van der Waals surface area contributed by atoms with Crippen molar-refractivity contribution in [3.8, 4) is 5.75 Å². The van der Waals surface area contributed by atoms with Crippen LogP contribution in [0.15, 0.2) is 18.2 Å². The number of nitrogens with one attached hydrogen (secondary N) is 1. The van der Waals surface area contributed by atoms with Crippen LogP contribution < -0.4 is 10.1 Å². The van der Waals surface area contributed by atoms with Crippen molar-refractivity contribution in [2.45, 2.75) is 45.5 Å². The standard InChI is InChI=1S/C22H30F3N3O5/c1-13-10-28(15(3)29)14(2)12-33-18-8-16(26-20(30)9-22(23,24)25)6-7-17(18)21(31)27(4)11-19(13)32-5/h6-8,13-14,19H,9-12H2,1-5H3,(H,26,30)/t13-,14+,19-/m1/s1. The number of nitrogens with zero attached hydrogens (tertiary/aromatic N) is 2. The summed E-state index contributed by atoms with van der Waals surface area (Å²) in [5.74, 6) is -1.73. The van der Waals surface area contributed by atoms with Crippen LogP contribution in [-0.2, 0) is 14.3 Å². The second-order valence-electron chi connectivity index (χ2n) is 8.32. The van der Waals surface area contributed by atoms with E-state index in [1.165, 1.54) is 30.0 Å². The second kappa shape index (κ2) is 10.9. The maximum Gasteiger partial charge on any atom is 0.397 e. The minimum Gasteiger partial charge on any atom is -0.491 e. The molecule has 33 heavy (non-hydrogen) atoms. The molecule has 1 aliphatic rings. The first-order valence-electron chi connectivity index (χ1n) is 10.5. The van der Waals surface area contributed by atoms with E-state index >= 15 is 0 Å². The molecule has 11 heteroatoms. The third-order valence-corrected chi connectivity index (χ3v) is 5.50. The van der Waals surface area contributed by atoms with Gasteiger partial charge in [-0.15, -0.1) is 0 Å². The van der Waals surface area contributed by atoms with E-state index in [1.807, 2.05) is 6.92 Å². The number of methoxy groups -OCH3 is 1. The van der Waals surface area contributed by atoms with E-state index in [0.29, 0.717) is 6.54 Å². The highest BCUT2D eigenvalue weighted by Gasteiger charge is 2.32. The van der Waals surface area contributed by atoms with E-state index in [1.54, 1.807) is 26.0 Å². The van der Waals surface area contributed by atoms with Gasteiger partial charge in [0.2, 0.25) is 11.8 Å². The Kier molecular flexibility index (Phi) is 8.70. The molecule has 184 valence electrons. The molecule has 8 nitrogen and oxygen atoms in total. The van der Waals surface area contributed by atoms with Crippen molar-refractivity contribution in [1.29, 1.82) is 0 Å². The largest absolute Gasteiger partial charge is 0.491 e. The van der Waals surface area contributed by atoms with Gasteiger partial charge in [-0.2, -0.15) is 13.2 Å². The van der Waals surface area contributed by atoms with Crippen molar-refractivity contribution in [1.82, 2.24) is 9.80 Å². The highest BCUT2D eigenvalue weighted by Crippen LogP contribution is 2.28. The first-order chi connectivity index (χ1) is 15.3. The fourth-order valence-corrected chi connectivity index (χ4v) is 3.68. The lowest BCUT2D eigenvalue weighted by atomic mass is 10.0. The van der Waals surface area contributed by atoms with Gasteiger partial charge in [0.15, 0.2) is 0 Å². The minimum atomic E-state index is -4.64. The smallest absolute Gasteiger partial charge is 0.397 e. The van der Waals surface area contributed by atoms with Crippen molar-refractivity contribution in [2.24, 2.45) is 5.92 Å². The normalized spacial score (nSPS) is 22.5. The van der Waals surface area contributed by atoms with Gasteiger partial charge >= 0.3 is 6.18 Å². The monoisotopic (exact) mass is 473 g/mol. The molecule has 0 fully saturated rings. The molecule has 0 saturated carbocycles. The van der Waals surface area contributed by atoms with E-state index in [2.05, 4.69) is 5.32 Å². The highest BCUT2D eigenvalue weighted by molar-refractivity contribution is 5.98. The van der Waals surface area contributed by atoms with E-state index in [0.717, 1.165) is 0 Å². The molecule has 3 atom stereocenters. The Balaban J connectivity index is 2.40. The quantitative estimate of drug-likeness (QED) is 0.730. The Labute approximate surface area is 191 Å². The van der Waals surface area contributed by atoms with Crippen molar-refractivity contribution < 1.29 is 37.0 Å². The molecule has 0 aliphatic carbocycles. The number of amides is 3. The van der Waals surface area contributed by atoms with E-state index in [9.17, 15) is 27.6 Å². The molecular formula is C22H30F3N3O5. The number of ether oxygens (including phenoxy) is 2. The lowest BCUT2D eigenvalue weighted by Crippen LogP contribution is -2.48. The molecule has 0 aromatic heterocycles. The van der Waals surface area contributed by atoms with Gasteiger partial charge < -0.3 is 24.6 Å². The SMILES string of the molecule is CO[C@@H]1CN(C)C(=O)c2ccc(NC(=O)CC(F)(F)F)cc2OC[C@H](C)N(C(C)=O)C[C@H]1C. The molecule has 3 amide bonds. The average Bonchev–Trinajstić information content (AvgIpc) is 2.71. The van der Waals surface area contributed by atoms with Crippen LogP contribution in [0.4, 0.5) is 18.9 Å². The van der Waals surface area contributed by atoms with Gasteiger partial charge in [0, 0.05) is 51.8 Å². The molecular weight excluding hydrogens is 443 g/mol. The number of alkyl halides is 3. The number of carbonyl (C=O) groups is 3. The van der Waals surface area contributed by atoms with Crippen LogP contribution in [0.2, 0.25) is 0 Å². The molecule has 1 aliphatic heterocycles. The van der Waals surface area contributed by atoms with Crippen molar-refractivity contribution in [2.75, 3.05) is 39.2 Å². The third-order valence-electron chi connectivity index (χ3n) is 5.50. The van der Waals surface area contributed by atoms with E-state index < -0.39 is 18.5 Å². The van der Waals surface area contributed by atoms with Gasteiger partial charge in [0.25, 0.3) is 5.91 Å². The summed E-state index contributed by atoms with van der Waals surface area (Å²) in [4.78, 5) is 40.1. The van der Waals surface area contributed by atoms with Gasteiger partial charge in [-0.3, -0.25) is 14.4 Å². The highest BCUT2D eigenvalue weighted by atomic mass is 19.4. The van der Waals surface area contributed by atoms with Crippen LogP contribution in [0.1, 0.15) is 37.6 Å².